The number of carboxylic acid groups (broad SMARTS) is 1. The molecule has 2 N–H and O–H groups in total. The van der Waals surface area contributed by atoms with Crippen molar-refractivity contribution in [3.05, 3.63) is 22.8 Å². The molecular formula is C11H18ClNO3. The van der Waals surface area contributed by atoms with E-state index < -0.39 is 12.2 Å². The molecule has 0 heterocycles. The summed E-state index contributed by atoms with van der Waals surface area (Å²) >= 11 is 5.85. The zero-order valence-corrected chi connectivity index (χ0v) is 10.5. The van der Waals surface area contributed by atoms with Crippen LogP contribution in [0.4, 0.5) is 4.79 Å². The second-order valence-corrected chi connectivity index (χ2v) is 4.15. The summed E-state index contributed by atoms with van der Waals surface area (Å²) in [5.41, 5.74) is 0.815. The average Bonchev–Trinajstić information content (AvgIpc) is 2.16. The molecule has 4 nitrogen and oxygen atoms in total. The van der Waals surface area contributed by atoms with Gasteiger partial charge in [0.15, 0.2) is 0 Å². The van der Waals surface area contributed by atoms with Crippen molar-refractivity contribution in [3.8, 4) is 0 Å². The first kappa shape index (κ1) is 15.0. The molecule has 1 unspecified atom stereocenters. The van der Waals surface area contributed by atoms with E-state index in [2.05, 4.69) is 0 Å². The minimum Gasteiger partial charge on any atom is -0.465 e. The number of nitrogens with zero attached hydrogens (tertiary/aromatic N) is 1. The molecule has 5 heteroatoms. The smallest absolute Gasteiger partial charge is 0.407 e. The van der Waals surface area contributed by atoms with Crippen LogP contribution in [0.3, 0.4) is 0 Å². The van der Waals surface area contributed by atoms with E-state index in [-0.39, 0.29) is 6.54 Å². The molecule has 0 bridgehead atoms. The van der Waals surface area contributed by atoms with Gasteiger partial charge in [0.25, 0.3) is 0 Å². The number of rotatable bonds is 5. The lowest BCUT2D eigenvalue weighted by Crippen LogP contribution is -2.33. The molecule has 0 aromatic carbocycles. The van der Waals surface area contributed by atoms with Crippen LogP contribution in [-0.2, 0) is 0 Å². The van der Waals surface area contributed by atoms with Crippen molar-refractivity contribution in [1.82, 2.24) is 4.90 Å². The second-order valence-electron chi connectivity index (χ2n) is 3.58. The Balaban J connectivity index is 4.38. The monoisotopic (exact) mass is 247 g/mol. The molecule has 1 atom stereocenters. The Morgan fingerprint density at radius 1 is 1.56 bits per heavy atom. The summed E-state index contributed by atoms with van der Waals surface area (Å²) in [5.74, 6) is 0. The summed E-state index contributed by atoms with van der Waals surface area (Å²) < 4.78 is 0. The van der Waals surface area contributed by atoms with Gasteiger partial charge in [0.05, 0.1) is 6.10 Å². The third kappa shape index (κ3) is 5.78. The van der Waals surface area contributed by atoms with Gasteiger partial charge in [-0.15, -0.1) is 0 Å². The van der Waals surface area contributed by atoms with E-state index >= 15 is 0 Å². The molecule has 1 amide bonds. The van der Waals surface area contributed by atoms with Crippen molar-refractivity contribution in [1.29, 1.82) is 0 Å². The Bertz CT molecular complexity index is 296. The molecule has 0 aromatic heterocycles. The molecule has 0 aliphatic heterocycles. The molecule has 16 heavy (non-hydrogen) atoms. The topological polar surface area (TPSA) is 60.8 Å². The normalized spacial score (nSPS) is 14.8. The SMILES string of the molecule is CC=CC(CC(O)CN(C)C(=O)O)=C(C)Cl. The number of aliphatic hydroxyl groups is 1. The van der Waals surface area contributed by atoms with Crippen molar-refractivity contribution in [2.24, 2.45) is 0 Å². The van der Waals surface area contributed by atoms with Gasteiger partial charge in [0, 0.05) is 25.0 Å². The van der Waals surface area contributed by atoms with E-state index in [1.807, 2.05) is 19.1 Å². The number of hydrogen-bond donors (Lipinski definition) is 2. The minimum absolute atomic E-state index is 0.0700. The maximum Gasteiger partial charge on any atom is 0.407 e. The Hall–Kier alpha value is -1.00. The van der Waals surface area contributed by atoms with Gasteiger partial charge in [-0.25, -0.2) is 4.79 Å². The van der Waals surface area contributed by atoms with Crippen molar-refractivity contribution < 1.29 is 15.0 Å². The molecule has 0 saturated carbocycles. The van der Waals surface area contributed by atoms with Crippen LogP contribution in [0.1, 0.15) is 20.3 Å². The van der Waals surface area contributed by atoms with Gasteiger partial charge in [-0.2, -0.15) is 0 Å². The van der Waals surface area contributed by atoms with Crippen molar-refractivity contribution in [3.63, 3.8) is 0 Å². The van der Waals surface area contributed by atoms with Crippen LogP contribution in [0.15, 0.2) is 22.8 Å². The van der Waals surface area contributed by atoms with Crippen molar-refractivity contribution in [2.75, 3.05) is 13.6 Å². The Kier molecular flexibility index (Phi) is 6.85. The van der Waals surface area contributed by atoms with Crippen LogP contribution < -0.4 is 0 Å². The Morgan fingerprint density at radius 3 is 2.50 bits per heavy atom. The number of aliphatic hydroxyl groups excluding tert-OH is 1. The summed E-state index contributed by atoms with van der Waals surface area (Å²) in [6.45, 7) is 3.67. The van der Waals surface area contributed by atoms with Gasteiger partial charge in [-0.3, -0.25) is 0 Å². The van der Waals surface area contributed by atoms with Crippen LogP contribution in [0.25, 0.3) is 0 Å². The maximum atomic E-state index is 10.5. The highest BCUT2D eigenvalue weighted by Crippen LogP contribution is 2.16. The number of allylic oxidation sites excluding steroid dienone is 3. The summed E-state index contributed by atoms with van der Waals surface area (Å²) in [7, 11) is 1.41. The zero-order valence-electron chi connectivity index (χ0n) is 9.77. The predicted octanol–water partition coefficient (Wildman–Crippen LogP) is 2.44. The van der Waals surface area contributed by atoms with E-state index in [1.165, 1.54) is 7.05 Å². The third-order valence-corrected chi connectivity index (χ3v) is 2.32. The summed E-state index contributed by atoms with van der Waals surface area (Å²) in [6.07, 6.45) is 2.18. The second kappa shape index (κ2) is 7.30. The van der Waals surface area contributed by atoms with E-state index in [4.69, 9.17) is 16.7 Å². The molecule has 0 saturated heterocycles. The molecular weight excluding hydrogens is 230 g/mol. The van der Waals surface area contributed by atoms with Crippen molar-refractivity contribution >= 4 is 17.7 Å². The average molecular weight is 248 g/mol. The lowest BCUT2D eigenvalue weighted by Gasteiger charge is -2.18. The number of hydrogen-bond acceptors (Lipinski definition) is 2. The molecule has 0 aliphatic rings. The molecule has 0 radical (unpaired) electrons. The largest absolute Gasteiger partial charge is 0.465 e. The number of likely N-dealkylation sites (N-methyl/N-ethyl adjacent to an activating group) is 1. The highest BCUT2D eigenvalue weighted by atomic mass is 35.5. The molecule has 0 rings (SSSR count). The van der Waals surface area contributed by atoms with Gasteiger partial charge in [0.1, 0.15) is 0 Å². The zero-order chi connectivity index (χ0) is 12.7. The first-order chi connectivity index (χ1) is 7.38. The van der Waals surface area contributed by atoms with E-state index in [1.54, 1.807) is 6.92 Å². The van der Waals surface area contributed by atoms with E-state index in [0.29, 0.717) is 11.5 Å². The first-order valence-electron chi connectivity index (χ1n) is 4.98. The fourth-order valence-electron chi connectivity index (χ4n) is 1.24. The lowest BCUT2D eigenvalue weighted by molar-refractivity contribution is 0.108. The van der Waals surface area contributed by atoms with Gasteiger partial charge < -0.3 is 15.1 Å². The number of amides is 1. The standard InChI is InChI=1S/C11H18ClNO3/c1-4-5-9(8(2)12)6-10(14)7-13(3)11(15)16/h4-5,10,14H,6-7H2,1-3H3,(H,15,16). The van der Waals surface area contributed by atoms with Crippen LogP contribution in [-0.4, -0.2) is 40.9 Å². The quantitative estimate of drug-likeness (QED) is 0.734. The number of halogens is 1. The maximum absolute atomic E-state index is 10.5. The van der Waals surface area contributed by atoms with Gasteiger partial charge in [-0.05, 0) is 19.4 Å². The third-order valence-electron chi connectivity index (χ3n) is 2.08. The molecule has 0 fully saturated rings. The van der Waals surface area contributed by atoms with Gasteiger partial charge in [0.2, 0.25) is 0 Å². The fraction of sp³-hybridized carbons (Fsp3) is 0.545. The van der Waals surface area contributed by atoms with Crippen LogP contribution in [0.2, 0.25) is 0 Å². The highest BCUT2D eigenvalue weighted by Gasteiger charge is 2.13. The van der Waals surface area contributed by atoms with Crippen LogP contribution in [0, 0.1) is 0 Å². The summed E-state index contributed by atoms with van der Waals surface area (Å²) in [6, 6.07) is 0. The summed E-state index contributed by atoms with van der Waals surface area (Å²) in [5, 5.41) is 18.9. The van der Waals surface area contributed by atoms with Gasteiger partial charge >= 0.3 is 6.09 Å². The fourth-order valence-corrected chi connectivity index (χ4v) is 1.38. The van der Waals surface area contributed by atoms with Crippen molar-refractivity contribution in [2.45, 2.75) is 26.4 Å². The minimum atomic E-state index is -1.06. The lowest BCUT2D eigenvalue weighted by atomic mass is 10.1. The molecule has 92 valence electrons. The highest BCUT2D eigenvalue weighted by molar-refractivity contribution is 6.29. The van der Waals surface area contributed by atoms with Crippen LogP contribution >= 0.6 is 11.6 Å². The summed E-state index contributed by atoms with van der Waals surface area (Å²) in [4.78, 5) is 11.6. The van der Waals surface area contributed by atoms with E-state index in [0.717, 1.165) is 10.5 Å². The van der Waals surface area contributed by atoms with Gasteiger partial charge in [-0.1, -0.05) is 23.8 Å². The number of carbonyl (C=O) groups is 1. The molecule has 0 aliphatic carbocycles. The molecule has 0 spiro atoms. The Labute approximate surface area is 101 Å². The first-order valence-corrected chi connectivity index (χ1v) is 5.36. The molecule has 0 aromatic rings. The predicted molar refractivity (Wildman–Crippen MR) is 64.6 cm³/mol. The Morgan fingerprint density at radius 2 is 2.12 bits per heavy atom. The van der Waals surface area contributed by atoms with E-state index in [9.17, 15) is 9.90 Å². The van der Waals surface area contributed by atoms with Crippen LogP contribution in [0.5, 0.6) is 0 Å².